The molecule has 2 fully saturated rings. The Balaban J connectivity index is 0.00000128. The van der Waals surface area contributed by atoms with Crippen molar-refractivity contribution in [2.24, 2.45) is 5.92 Å². The van der Waals surface area contributed by atoms with E-state index in [4.69, 9.17) is 4.74 Å². The number of piperidine rings is 1. The van der Waals surface area contributed by atoms with E-state index < -0.39 is 0 Å². The molecule has 2 aliphatic heterocycles. The third-order valence-electron chi connectivity index (χ3n) is 3.22. The van der Waals surface area contributed by atoms with Crippen LogP contribution < -0.4 is 10.6 Å². The van der Waals surface area contributed by atoms with Crippen molar-refractivity contribution < 1.29 is 9.53 Å². The van der Waals surface area contributed by atoms with Crippen LogP contribution in [0.1, 0.15) is 25.7 Å². The van der Waals surface area contributed by atoms with Crippen LogP contribution in [0.4, 0.5) is 0 Å². The van der Waals surface area contributed by atoms with E-state index in [1.54, 1.807) is 0 Å². The van der Waals surface area contributed by atoms with E-state index in [1.165, 1.54) is 0 Å². The second-order valence-corrected chi connectivity index (χ2v) is 4.45. The van der Waals surface area contributed by atoms with Gasteiger partial charge in [0.15, 0.2) is 0 Å². The molecular formula is C11H21ClN2O2. The van der Waals surface area contributed by atoms with Gasteiger partial charge in [-0.25, -0.2) is 0 Å². The largest absolute Gasteiger partial charge is 0.379 e. The first-order valence-corrected chi connectivity index (χ1v) is 5.95. The van der Waals surface area contributed by atoms with Gasteiger partial charge in [-0.3, -0.25) is 4.79 Å². The van der Waals surface area contributed by atoms with E-state index in [1.807, 2.05) is 0 Å². The second kappa shape index (κ2) is 7.09. The molecule has 2 aliphatic rings. The molecule has 1 unspecified atom stereocenters. The maximum Gasteiger partial charge on any atom is 0.223 e. The SMILES string of the molecule is Cl.O=C(NC1CCCOC1)C1CCNCC1. The second-order valence-electron chi connectivity index (χ2n) is 4.45. The minimum absolute atomic E-state index is 0. The van der Waals surface area contributed by atoms with Gasteiger partial charge in [-0.1, -0.05) is 0 Å². The van der Waals surface area contributed by atoms with Crippen LogP contribution in [0.5, 0.6) is 0 Å². The molecule has 2 heterocycles. The number of amides is 1. The molecule has 94 valence electrons. The van der Waals surface area contributed by atoms with Crippen molar-refractivity contribution in [3.05, 3.63) is 0 Å². The highest BCUT2D eigenvalue weighted by Crippen LogP contribution is 2.13. The number of carbonyl (C=O) groups is 1. The third kappa shape index (κ3) is 3.92. The first kappa shape index (κ1) is 13.7. The molecule has 5 heteroatoms. The number of nitrogens with one attached hydrogen (secondary N) is 2. The summed E-state index contributed by atoms with van der Waals surface area (Å²) in [6.45, 7) is 3.48. The van der Waals surface area contributed by atoms with Crippen molar-refractivity contribution >= 4 is 18.3 Å². The summed E-state index contributed by atoms with van der Waals surface area (Å²) < 4.78 is 5.34. The molecule has 2 N–H and O–H groups in total. The molecule has 0 aromatic carbocycles. The molecule has 0 spiro atoms. The quantitative estimate of drug-likeness (QED) is 0.757. The Morgan fingerprint density at radius 3 is 2.62 bits per heavy atom. The van der Waals surface area contributed by atoms with Crippen molar-refractivity contribution in [2.75, 3.05) is 26.3 Å². The van der Waals surface area contributed by atoms with Crippen LogP contribution in [0, 0.1) is 5.92 Å². The zero-order valence-corrected chi connectivity index (χ0v) is 10.4. The molecule has 4 nitrogen and oxygen atoms in total. The van der Waals surface area contributed by atoms with Crippen LogP contribution in [0.25, 0.3) is 0 Å². The zero-order valence-electron chi connectivity index (χ0n) is 9.54. The van der Waals surface area contributed by atoms with Crippen molar-refractivity contribution in [1.29, 1.82) is 0 Å². The molecule has 1 atom stereocenters. The molecular weight excluding hydrogens is 228 g/mol. The van der Waals surface area contributed by atoms with Crippen LogP contribution in [0.2, 0.25) is 0 Å². The number of halogens is 1. The Bertz CT molecular complexity index is 214. The lowest BCUT2D eigenvalue weighted by Gasteiger charge is -2.27. The average Bonchev–Trinajstić information content (AvgIpc) is 2.31. The summed E-state index contributed by atoms with van der Waals surface area (Å²) in [5.74, 6) is 0.445. The summed E-state index contributed by atoms with van der Waals surface area (Å²) >= 11 is 0. The molecule has 0 bridgehead atoms. The first-order chi connectivity index (χ1) is 7.36. The first-order valence-electron chi connectivity index (χ1n) is 5.95. The van der Waals surface area contributed by atoms with Crippen LogP contribution >= 0.6 is 12.4 Å². The number of hydrogen-bond donors (Lipinski definition) is 2. The fraction of sp³-hybridized carbons (Fsp3) is 0.909. The summed E-state index contributed by atoms with van der Waals surface area (Å²) in [5.41, 5.74) is 0. The lowest BCUT2D eigenvalue weighted by atomic mass is 9.96. The molecule has 0 aromatic heterocycles. The summed E-state index contributed by atoms with van der Waals surface area (Å²) in [5, 5.41) is 6.37. The molecule has 0 aliphatic carbocycles. The third-order valence-corrected chi connectivity index (χ3v) is 3.22. The Morgan fingerprint density at radius 1 is 1.25 bits per heavy atom. The smallest absolute Gasteiger partial charge is 0.223 e. The minimum atomic E-state index is 0. The molecule has 0 saturated carbocycles. The highest BCUT2D eigenvalue weighted by Gasteiger charge is 2.24. The van der Waals surface area contributed by atoms with Gasteiger partial charge in [-0.15, -0.1) is 12.4 Å². The van der Waals surface area contributed by atoms with Gasteiger partial charge < -0.3 is 15.4 Å². The fourth-order valence-electron chi connectivity index (χ4n) is 2.26. The topological polar surface area (TPSA) is 50.4 Å². The molecule has 16 heavy (non-hydrogen) atoms. The van der Waals surface area contributed by atoms with E-state index in [9.17, 15) is 4.79 Å². The van der Waals surface area contributed by atoms with Crippen molar-refractivity contribution in [3.63, 3.8) is 0 Å². The average molecular weight is 249 g/mol. The Kier molecular flexibility index (Phi) is 6.09. The van der Waals surface area contributed by atoms with E-state index >= 15 is 0 Å². The van der Waals surface area contributed by atoms with Crippen molar-refractivity contribution in [3.8, 4) is 0 Å². The molecule has 2 saturated heterocycles. The van der Waals surface area contributed by atoms with Gasteiger partial charge in [0.1, 0.15) is 0 Å². The van der Waals surface area contributed by atoms with Gasteiger partial charge >= 0.3 is 0 Å². The number of carbonyl (C=O) groups excluding carboxylic acids is 1. The van der Waals surface area contributed by atoms with Crippen LogP contribution in [0.3, 0.4) is 0 Å². The Morgan fingerprint density at radius 2 is 2.00 bits per heavy atom. The predicted octanol–water partition coefficient (Wildman–Crippen LogP) is 0.703. The van der Waals surface area contributed by atoms with Gasteiger partial charge in [0.25, 0.3) is 0 Å². The Labute approximate surface area is 103 Å². The highest BCUT2D eigenvalue weighted by molar-refractivity contribution is 5.85. The van der Waals surface area contributed by atoms with E-state index in [0.29, 0.717) is 6.61 Å². The number of rotatable bonds is 2. The maximum atomic E-state index is 11.9. The van der Waals surface area contributed by atoms with Gasteiger partial charge in [0.05, 0.1) is 12.6 Å². The minimum Gasteiger partial charge on any atom is -0.379 e. The Hall–Kier alpha value is -0.320. The molecule has 2 rings (SSSR count). The fourth-order valence-corrected chi connectivity index (χ4v) is 2.26. The van der Waals surface area contributed by atoms with Crippen LogP contribution in [0.15, 0.2) is 0 Å². The highest BCUT2D eigenvalue weighted by atomic mass is 35.5. The van der Waals surface area contributed by atoms with Gasteiger partial charge in [-0.05, 0) is 38.8 Å². The summed E-state index contributed by atoms with van der Waals surface area (Å²) in [6.07, 6.45) is 4.08. The standard InChI is InChI=1S/C11H20N2O2.ClH/c14-11(9-3-5-12-6-4-9)13-10-2-1-7-15-8-10;/h9-10,12H,1-8H2,(H,13,14);1H. The molecule has 1 amide bonds. The number of ether oxygens (including phenoxy) is 1. The van der Waals surface area contributed by atoms with E-state index in [-0.39, 0.29) is 30.3 Å². The van der Waals surface area contributed by atoms with E-state index in [0.717, 1.165) is 45.4 Å². The van der Waals surface area contributed by atoms with Gasteiger partial charge in [0, 0.05) is 12.5 Å². The molecule has 0 aromatic rings. The van der Waals surface area contributed by atoms with Gasteiger partial charge in [0.2, 0.25) is 5.91 Å². The van der Waals surface area contributed by atoms with E-state index in [2.05, 4.69) is 10.6 Å². The predicted molar refractivity (Wildman–Crippen MR) is 64.8 cm³/mol. The number of hydrogen-bond acceptors (Lipinski definition) is 3. The van der Waals surface area contributed by atoms with Crippen LogP contribution in [-0.2, 0) is 9.53 Å². The maximum absolute atomic E-state index is 11.9. The van der Waals surface area contributed by atoms with Gasteiger partial charge in [-0.2, -0.15) is 0 Å². The summed E-state index contributed by atoms with van der Waals surface area (Å²) in [6, 6.07) is 0.251. The summed E-state index contributed by atoms with van der Waals surface area (Å²) in [4.78, 5) is 11.9. The lowest BCUT2D eigenvalue weighted by Crippen LogP contribution is -2.45. The molecule has 0 radical (unpaired) electrons. The monoisotopic (exact) mass is 248 g/mol. The lowest BCUT2D eigenvalue weighted by molar-refractivity contribution is -0.127. The normalized spacial score (nSPS) is 26.9. The zero-order chi connectivity index (χ0) is 10.5. The van der Waals surface area contributed by atoms with Crippen molar-refractivity contribution in [1.82, 2.24) is 10.6 Å². The summed E-state index contributed by atoms with van der Waals surface area (Å²) in [7, 11) is 0. The van der Waals surface area contributed by atoms with Crippen molar-refractivity contribution in [2.45, 2.75) is 31.7 Å². The van der Waals surface area contributed by atoms with Crippen LogP contribution in [-0.4, -0.2) is 38.3 Å².